The lowest BCUT2D eigenvalue weighted by atomic mass is 10.2. The van der Waals surface area contributed by atoms with E-state index in [1.54, 1.807) is 0 Å². The van der Waals surface area contributed by atoms with Crippen molar-refractivity contribution in [2.24, 2.45) is 0 Å². The van der Waals surface area contributed by atoms with Gasteiger partial charge in [0, 0.05) is 6.61 Å². The molecule has 0 unspecified atom stereocenters. The van der Waals surface area contributed by atoms with Crippen LogP contribution in [0.5, 0.6) is 0 Å². The van der Waals surface area contributed by atoms with Crippen molar-refractivity contribution in [3.63, 3.8) is 0 Å². The number of allylic oxidation sites excluding steroid dienone is 1. The molecule has 0 radical (unpaired) electrons. The van der Waals surface area contributed by atoms with E-state index in [-0.39, 0.29) is 12.5 Å². The smallest absolute Gasteiger partial charge is 0.273 e. The van der Waals surface area contributed by atoms with E-state index < -0.39 is 0 Å². The van der Waals surface area contributed by atoms with E-state index in [4.69, 9.17) is 17.3 Å². The fourth-order valence-electron chi connectivity index (χ4n) is 1.20. The van der Waals surface area contributed by atoms with Gasteiger partial charge in [-0.3, -0.25) is 10.1 Å². The summed E-state index contributed by atoms with van der Waals surface area (Å²) in [4.78, 5) is 11.1. The number of thiocarbonyl (C=S) groups is 1. The molecule has 3 N–H and O–H groups in total. The van der Waals surface area contributed by atoms with Gasteiger partial charge >= 0.3 is 0 Å². The van der Waals surface area contributed by atoms with Gasteiger partial charge in [-0.05, 0) is 31.5 Å². The van der Waals surface area contributed by atoms with Gasteiger partial charge in [-0.2, -0.15) is 0 Å². The molecule has 0 atom stereocenters. The van der Waals surface area contributed by atoms with Gasteiger partial charge in [0.15, 0.2) is 5.11 Å². The van der Waals surface area contributed by atoms with Crippen LogP contribution in [0.15, 0.2) is 11.8 Å². The van der Waals surface area contributed by atoms with Crippen LogP contribution < -0.4 is 10.6 Å². The molecule has 0 saturated carbocycles. The van der Waals surface area contributed by atoms with Gasteiger partial charge in [-0.1, -0.05) is 12.5 Å². The number of aliphatic hydroxyl groups is 1. The molecular formula is C9H14N2O2S. The van der Waals surface area contributed by atoms with Gasteiger partial charge in [-0.15, -0.1) is 0 Å². The summed E-state index contributed by atoms with van der Waals surface area (Å²) >= 11 is 4.78. The van der Waals surface area contributed by atoms with Crippen LogP contribution in [0.4, 0.5) is 0 Å². The van der Waals surface area contributed by atoms with Crippen molar-refractivity contribution in [1.82, 2.24) is 10.6 Å². The highest BCUT2D eigenvalue weighted by Gasteiger charge is 2.18. The summed E-state index contributed by atoms with van der Waals surface area (Å²) in [6.45, 7) is 0.236. The average Bonchev–Trinajstić information content (AvgIpc) is 2.45. The largest absolute Gasteiger partial charge is 0.396 e. The Kier molecular flexibility index (Phi) is 4.55. The topological polar surface area (TPSA) is 61.4 Å². The highest BCUT2D eigenvalue weighted by molar-refractivity contribution is 7.80. The minimum atomic E-state index is -0.155. The number of hydrogen-bond donors (Lipinski definition) is 3. The van der Waals surface area contributed by atoms with Gasteiger partial charge in [0.05, 0.1) is 0 Å². The second-order valence-electron chi connectivity index (χ2n) is 3.10. The molecular weight excluding hydrogens is 200 g/mol. The summed E-state index contributed by atoms with van der Waals surface area (Å²) in [5.74, 6) is -0.155. The third-order valence-electron chi connectivity index (χ3n) is 1.93. The van der Waals surface area contributed by atoms with Crippen molar-refractivity contribution in [1.29, 1.82) is 0 Å². The maximum Gasteiger partial charge on any atom is 0.273 e. The molecule has 0 bridgehead atoms. The Labute approximate surface area is 88.4 Å². The van der Waals surface area contributed by atoms with Gasteiger partial charge in [-0.25, -0.2) is 0 Å². The zero-order valence-electron chi connectivity index (χ0n) is 7.88. The molecule has 4 nitrogen and oxygen atoms in total. The number of carbonyl (C=O) groups is 1. The van der Waals surface area contributed by atoms with Crippen LogP contribution in [0.1, 0.15) is 25.7 Å². The molecule has 0 aromatic carbocycles. The Morgan fingerprint density at radius 1 is 1.29 bits per heavy atom. The van der Waals surface area contributed by atoms with E-state index in [1.807, 2.05) is 6.08 Å². The van der Waals surface area contributed by atoms with E-state index in [0.717, 1.165) is 25.7 Å². The SMILES string of the molecule is O=C1NC(=S)N/C1=C/CCCCCO. The minimum absolute atomic E-state index is 0.155. The maximum absolute atomic E-state index is 11.1. The highest BCUT2D eigenvalue weighted by atomic mass is 32.1. The zero-order valence-corrected chi connectivity index (χ0v) is 8.69. The molecule has 78 valence electrons. The number of aliphatic hydroxyl groups excluding tert-OH is 1. The lowest BCUT2D eigenvalue weighted by molar-refractivity contribution is -0.115. The fraction of sp³-hybridized carbons (Fsp3) is 0.556. The van der Waals surface area contributed by atoms with Crippen LogP contribution in [0.2, 0.25) is 0 Å². The second kappa shape index (κ2) is 5.72. The Bertz CT molecular complexity index is 264. The molecule has 1 heterocycles. The molecule has 14 heavy (non-hydrogen) atoms. The third kappa shape index (κ3) is 3.43. The summed E-state index contributed by atoms with van der Waals surface area (Å²) in [5, 5.41) is 14.2. The maximum atomic E-state index is 11.1. The normalized spacial score (nSPS) is 18.5. The van der Waals surface area contributed by atoms with Crippen molar-refractivity contribution in [2.75, 3.05) is 6.61 Å². The number of carbonyl (C=O) groups excluding carboxylic acids is 1. The fourth-order valence-corrected chi connectivity index (χ4v) is 1.41. The van der Waals surface area contributed by atoms with Crippen LogP contribution in [-0.4, -0.2) is 22.7 Å². The first kappa shape index (κ1) is 11.1. The van der Waals surface area contributed by atoms with Crippen molar-refractivity contribution >= 4 is 23.2 Å². The van der Waals surface area contributed by atoms with Gasteiger partial charge in [0.25, 0.3) is 5.91 Å². The summed E-state index contributed by atoms with van der Waals surface area (Å²) in [7, 11) is 0. The quantitative estimate of drug-likeness (QED) is 0.353. The van der Waals surface area contributed by atoms with Crippen LogP contribution in [0, 0.1) is 0 Å². The average molecular weight is 214 g/mol. The molecule has 0 spiro atoms. The molecule has 1 amide bonds. The van der Waals surface area contributed by atoms with Crippen molar-refractivity contribution < 1.29 is 9.90 Å². The van der Waals surface area contributed by atoms with Crippen molar-refractivity contribution in [2.45, 2.75) is 25.7 Å². The van der Waals surface area contributed by atoms with Crippen LogP contribution in [0.25, 0.3) is 0 Å². The molecule has 1 aliphatic rings. The van der Waals surface area contributed by atoms with E-state index in [9.17, 15) is 4.79 Å². The zero-order chi connectivity index (χ0) is 10.4. The second-order valence-corrected chi connectivity index (χ2v) is 3.51. The number of amides is 1. The van der Waals surface area contributed by atoms with Crippen molar-refractivity contribution in [3.05, 3.63) is 11.8 Å². The van der Waals surface area contributed by atoms with E-state index in [0.29, 0.717) is 10.8 Å². The molecule has 5 heteroatoms. The summed E-state index contributed by atoms with van der Waals surface area (Å²) < 4.78 is 0. The summed E-state index contributed by atoms with van der Waals surface area (Å²) in [6.07, 6.45) is 5.45. The molecule has 1 rings (SSSR count). The number of unbranched alkanes of at least 4 members (excludes halogenated alkanes) is 3. The summed E-state index contributed by atoms with van der Waals surface area (Å²) in [6, 6.07) is 0. The minimum Gasteiger partial charge on any atom is -0.396 e. The van der Waals surface area contributed by atoms with Gasteiger partial charge in [0.1, 0.15) is 5.70 Å². The molecule has 0 aromatic heterocycles. The van der Waals surface area contributed by atoms with Crippen LogP contribution >= 0.6 is 12.2 Å². The summed E-state index contributed by atoms with van der Waals surface area (Å²) in [5.41, 5.74) is 0.541. The lowest BCUT2D eigenvalue weighted by Crippen LogP contribution is -2.21. The first-order valence-corrected chi connectivity index (χ1v) is 5.08. The molecule has 1 aliphatic heterocycles. The highest BCUT2D eigenvalue weighted by Crippen LogP contribution is 2.04. The van der Waals surface area contributed by atoms with E-state index in [1.165, 1.54) is 0 Å². The standard InChI is InChI=1S/C9H14N2O2S/c12-6-4-2-1-3-5-7-8(13)11-9(14)10-7/h5,12H,1-4,6H2,(H2,10,11,13,14)/b7-5+. The molecule has 0 aliphatic carbocycles. The van der Waals surface area contributed by atoms with Crippen LogP contribution in [-0.2, 0) is 4.79 Å². The Hall–Kier alpha value is -0.940. The third-order valence-corrected chi connectivity index (χ3v) is 2.13. The Balaban J connectivity index is 2.24. The first-order valence-electron chi connectivity index (χ1n) is 4.67. The molecule has 1 fully saturated rings. The number of hydrogen-bond acceptors (Lipinski definition) is 3. The Morgan fingerprint density at radius 2 is 2.07 bits per heavy atom. The monoisotopic (exact) mass is 214 g/mol. The molecule has 1 saturated heterocycles. The number of nitrogens with one attached hydrogen (secondary N) is 2. The van der Waals surface area contributed by atoms with Crippen molar-refractivity contribution in [3.8, 4) is 0 Å². The van der Waals surface area contributed by atoms with Crippen LogP contribution in [0.3, 0.4) is 0 Å². The lowest BCUT2D eigenvalue weighted by Gasteiger charge is -1.96. The Morgan fingerprint density at radius 3 is 2.64 bits per heavy atom. The first-order chi connectivity index (χ1) is 6.74. The number of rotatable bonds is 5. The molecule has 0 aromatic rings. The van der Waals surface area contributed by atoms with E-state index in [2.05, 4.69) is 10.6 Å². The van der Waals surface area contributed by atoms with E-state index >= 15 is 0 Å². The predicted molar refractivity (Wildman–Crippen MR) is 57.5 cm³/mol. The predicted octanol–water partition coefficient (Wildman–Crippen LogP) is 0.427. The van der Waals surface area contributed by atoms with Gasteiger partial charge in [0.2, 0.25) is 0 Å². The van der Waals surface area contributed by atoms with Gasteiger partial charge < -0.3 is 10.4 Å².